The lowest BCUT2D eigenvalue weighted by molar-refractivity contribution is -0.137. The Morgan fingerprint density at radius 1 is 1.03 bits per heavy atom. The molecule has 0 aromatic carbocycles. The Labute approximate surface area is 191 Å². The van der Waals surface area contributed by atoms with Crippen LogP contribution in [0.5, 0.6) is 0 Å². The van der Waals surface area contributed by atoms with Crippen LogP contribution in [0.2, 0.25) is 0 Å². The molecule has 0 radical (unpaired) electrons. The Bertz CT molecular complexity index is 1150. The van der Waals surface area contributed by atoms with Crippen molar-refractivity contribution < 1.29 is 14.1 Å². The number of piperidine rings is 2. The Morgan fingerprint density at radius 2 is 1.78 bits per heavy atom. The van der Waals surface area contributed by atoms with E-state index < -0.39 is 0 Å². The van der Waals surface area contributed by atoms with Crippen molar-refractivity contribution in [3.8, 4) is 10.6 Å². The van der Waals surface area contributed by atoms with E-state index in [1.54, 1.807) is 11.3 Å². The van der Waals surface area contributed by atoms with E-state index in [2.05, 4.69) is 10.1 Å². The molecule has 32 heavy (non-hydrogen) atoms. The molecule has 5 heterocycles. The number of pyridine rings is 1. The minimum atomic E-state index is -0.0397. The highest BCUT2D eigenvalue weighted by molar-refractivity contribution is 7.15. The highest BCUT2D eigenvalue weighted by atomic mass is 32.1. The van der Waals surface area contributed by atoms with E-state index in [0.717, 1.165) is 49.3 Å². The van der Waals surface area contributed by atoms with Gasteiger partial charge in [0.1, 0.15) is 0 Å². The Hall–Kier alpha value is -2.74. The number of hydrogen-bond acceptors (Lipinski definition) is 6. The van der Waals surface area contributed by atoms with E-state index in [1.807, 2.05) is 41.8 Å². The lowest BCUT2D eigenvalue weighted by Gasteiger charge is -2.35. The molecule has 3 aromatic rings. The van der Waals surface area contributed by atoms with Gasteiger partial charge in [0.2, 0.25) is 5.91 Å². The maximum atomic E-state index is 13.6. The van der Waals surface area contributed by atoms with Gasteiger partial charge in [-0.05, 0) is 64.2 Å². The van der Waals surface area contributed by atoms with Gasteiger partial charge < -0.3 is 14.3 Å². The number of amides is 2. The lowest BCUT2D eigenvalue weighted by atomic mass is 9.93. The number of thiophene rings is 1. The third-order valence-corrected chi connectivity index (χ3v) is 7.66. The normalized spacial score (nSPS) is 17.8. The fourth-order valence-electron chi connectivity index (χ4n) is 4.83. The number of rotatable bonds is 3. The monoisotopic (exact) mass is 452 g/mol. The summed E-state index contributed by atoms with van der Waals surface area (Å²) in [7, 11) is 0. The van der Waals surface area contributed by atoms with E-state index in [1.165, 1.54) is 11.3 Å². The highest BCUT2D eigenvalue weighted by Gasteiger charge is 2.32. The first-order chi connectivity index (χ1) is 15.5. The Morgan fingerprint density at radius 3 is 2.47 bits per heavy atom. The summed E-state index contributed by atoms with van der Waals surface area (Å²) in [6, 6.07) is 5.93. The fourth-order valence-corrected chi connectivity index (χ4v) is 5.66. The molecule has 2 saturated heterocycles. The average Bonchev–Trinajstić information content (AvgIpc) is 3.44. The van der Waals surface area contributed by atoms with Gasteiger partial charge in [0.15, 0.2) is 0 Å². The fraction of sp³-hybridized carbons (Fsp3) is 0.500. The third-order valence-electron chi connectivity index (χ3n) is 6.64. The number of aryl methyl sites for hydroxylation is 2. The molecule has 0 aliphatic carbocycles. The first kappa shape index (κ1) is 21.1. The van der Waals surface area contributed by atoms with Gasteiger partial charge in [0.05, 0.1) is 27.2 Å². The summed E-state index contributed by atoms with van der Waals surface area (Å²) < 4.78 is 5.43. The van der Waals surface area contributed by atoms with E-state index >= 15 is 0 Å². The van der Waals surface area contributed by atoms with Crippen LogP contribution in [0.25, 0.3) is 21.7 Å². The van der Waals surface area contributed by atoms with E-state index in [0.29, 0.717) is 35.4 Å². The van der Waals surface area contributed by atoms with E-state index in [9.17, 15) is 9.59 Å². The van der Waals surface area contributed by atoms with Gasteiger partial charge in [-0.2, -0.15) is 0 Å². The molecule has 0 spiro atoms. The first-order valence-electron chi connectivity index (χ1n) is 11.4. The summed E-state index contributed by atoms with van der Waals surface area (Å²) in [6.45, 7) is 6.82. The molecule has 168 valence electrons. The summed E-state index contributed by atoms with van der Waals surface area (Å²) >= 11 is 1.64. The smallest absolute Gasteiger partial charge is 0.259 e. The molecule has 2 aliphatic heterocycles. The van der Waals surface area contributed by atoms with Crippen LogP contribution in [-0.2, 0) is 4.79 Å². The summed E-state index contributed by atoms with van der Waals surface area (Å²) in [5.74, 6) is 0.257. The van der Waals surface area contributed by atoms with Gasteiger partial charge in [-0.25, -0.2) is 4.98 Å². The molecule has 0 N–H and O–H groups in total. The van der Waals surface area contributed by atoms with Gasteiger partial charge in [0, 0.05) is 37.0 Å². The maximum absolute atomic E-state index is 13.6. The predicted octanol–water partition coefficient (Wildman–Crippen LogP) is 4.43. The van der Waals surface area contributed by atoms with Gasteiger partial charge in [-0.1, -0.05) is 5.16 Å². The van der Waals surface area contributed by atoms with Crippen molar-refractivity contribution >= 4 is 34.3 Å². The van der Waals surface area contributed by atoms with Crippen molar-refractivity contribution in [1.29, 1.82) is 0 Å². The zero-order chi connectivity index (χ0) is 22.2. The Kier molecular flexibility index (Phi) is 5.71. The topological polar surface area (TPSA) is 79.5 Å². The molecule has 7 nitrogen and oxygen atoms in total. The second kappa shape index (κ2) is 8.65. The number of hydrogen-bond donors (Lipinski definition) is 0. The summed E-state index contributed by atoms with van der Waals surface area (Å²) in [5, 5.41) is 4.74. The minimum absolute atomic E-state index is 0.0246. The average molecular weight is 453 g/mol. The Balaban J connectivity index is 1.37. The molecule has 0 unspecified atom stereocenters. The van der Waals surface area contributed by atoms with Gasteiger partial charge >= 0.3 is 0 Å². The molecule has 0 atom stereocenters. The molecule has 0 bridgehead atoms. The van der Waals surface area contributed by atoms with Crippen molar-refractivity contribution in [3.63, 3.8) is 0 Å². The molecule has 0 saturated carbocycles. The van der Waals surface area contributed by atoms with Crippen molar-refractivity contribution in [2.24, 2.45) is 5.92 Å². The zero-order valence-corrected chi connectivity index (χ0v) is 19.4. The molecule has 5 rings (SSSR count). The summed E-state index contributed by atoms with van der Waals surface area (Å²) in [4.78, 5) is 37.1. The first-order valence-corrected chi connectivity index (χ1v) is 12.2. The molecular formula is C24H28N4O3S. The molecule has 2 aliphatic rings. The standard InChI is InChI=1S/C24H28N4O3S/c1-15-6-7-20(32-15)19-14-18(21-16(2)26-31-22(21)25-19)24(30)28-12-8-17(9-13-28)23(29)27-10-4-3-5-11-27/h6-7,14,17H,3-5,8-13H2,1-2H3. The SMILES string of the molecule is Cc1ccc(-c2cc(C(=O)N3CCC(C(=O)N4CCCCC4)CC3)c3c(C)noc3n2)s1. The quantitative estimate of drug-likeness (QED) is 0.587. The molecule has 8 heteroatoms. The van der Waals surface area contributed by atoms with Crippen molar-refractivity contribution in [1.82, 2.24) is 19.9 Å². The van der Waals surface area contributed by atoms with Gasteiger partial charge in [0.25, 0.3) is 11.6 Å². The number of likely N-dealkylation sites (tertiary alicyclic amines) is 2. The van der Waals surface area contributed by atoms with Crippen molar-refractivity contribution in [2.75, 3.05) is 26.2 Å². The van der Waals surface area contributed by atoms with Crippen LogP contribution in [0, 0.1) is 19.8 Å². The van der Waals surface area contributed by atoms with E-state index in [4.69, 9.17) is 4.52 Å². The predicted molar refractivity (Wildman–Crippen MR) is 124 cm³/mol. The highest BCUT2D eigenvalue weighted by Crippen LogP contribution is 2.32. The van der Waals surface area contributed by atoms with Gasteiger partial charge in [-0.15, -0.1) is 11.3 Å². The summed E-state index contributed by atoms with van der Waals surface area (Å²) in [5.41, 5.74) is 2.37. The zero-order valence-electron chi connectivity index (χ0n) is 18.6. The van der Waals surface area contributed by atoms with Gasteiger partial charge in [-0.3, -0.25) is 9.59 Å². The third kappa shape index (κ3) is 3.92. The maximum Gasteiger partial charge on any atom is 0.259 e. The van der Waals surface area contributed by atoms with E-state index in [-0.39, 0.29) is 17.7 Å². The van der Waals surface area contributed by atoms with Crippen molar-refractivity contribution in [2.45, 2.75) is 46.0 Å². The summed E-state index contributed by atoms with van der Waals surface area (Å²) in [6.07, 6.45) is 4.85. The number of carbonyl (C=O) groups excluding carboxylic acids is 2. The largest absolute Gasteiger partial charge is 0.342 e. The van der Waals surface area contributed by atoms with Crippen LogP contribution < -0.4 is 0 Å². The minimum Gasteiger partial charge on any atom is -0.342 e. The van der Waals surface area contributed by atoms with Crippen LogP contribution in [0.3, 0.4) is 0 Å². The molecule has 2 amide bonds. The van der Waals surface area contributed by atoms with Crippen LogP contribution in [-0.4, -0.2) is 57.9 Å². The van der Waals surface area contributed by atoms with Crippen LogP contribution in [0.4, 0.5) is 0 Å². The van der Waals surface area contributed by atoms with Crippen LogP contribution in [0.15, 0.2) is 22.7 Å². The lowest BCUT2D eigenvalue weighted by Crippen LogP contribution is -2.45. The molecular weight excluding hydrogens is 424 g/mol. The molecule has 2 fully saturated rings. The number of carbonyl (C=O) groups is 2. The van der Waals surface area contributed by atoms with Crippen molar-refractivity contribution in [3.05, 3.63) is 34.3 Å². The number of fused-ring (bicyclic) bond motifs is 1. The van der Waals surface area contributed by atoms with Crippen LogP contribution >= 0.6 is 11.3 Å². The second-order valence-corrected chi connectivity index (χ2v) is 10.2. The second-order valence-electron chi connectivity index (χ2n) is 8.87. The number of nitrogens with zero attached hydrogens (tertiary/aromatic N) is 4. The van der Waals surface area contributed by atoms with Crippen LogP contribution in [0.1, 0.15) is 53.0 Å². The molecule has 3 aromatic heterocycles. The number of aromatic nitrogens is 2.